The summed E-state index contributed by atoms with van der Waals surface area (Å²) in [5.41, 5.74) is 11.1. The van der Waals surface area contributed by atoms with Crippen molar-refractivity contribution in [3.8, 4) is 17.1 Å². The van der Waals surface area contributed by atoms with Crippen LogP contribution in [0, 0.1) is 5.92 Å². The SMILES string of the molecule is CCCC(N)c1cccc(-c2cc(N3CC(C(=O)O)C3)c3cnn(-c4cccc(CO)n4)c3c2)n1. The number of nitrogens with two attached hydrogens (primary N) is 1. The van der Waals surface area contributed by atoms with Gasteiger partial charge in [0, 0.05) is 35.8 Å². The lowest BCUT2D eigenvalue weighted by molar-refractivity contribution is -0.142. The number of hydrogen-bond donors (Lipinski definition) is 3. The molecule has 0 amide bonds. The van der Waals surface area contributed by atoms with Crippen molar-refractivity contribution in [2.24, 2.45) is 11.7 Å². The lowest BCUT2D eigenvalue weighted by Gasteiger charge is -2.39. The first-order valence-corrected chi connectivity index (χ1v) is 11.8. The van der Waals surface area contributed by atoms with Gasteiger partial charge in [0.2, 0.25) is 0 Å². The van der Waals surface area contributed by atoms with Crippen LogP contribution in [-0.4, -0.2) is 49.0 Å². The molecule has 0 bridgehead atoms. The molecule has 1 aliphatic rings. The molecule has 0 radical (unpaired) electrons. The number of carbonyl (C=O) groups is 1. The highest BCUT2D eigenvalue weighted by Crippen LogP contribution is 2.37. The van der Waals surface area contributed by atoms with Crippen molar-refractivity contribution in [3.63, 3.8) is 0 Å². The number of aromatic nitrogens is 4. The molecule has 1 saturated heterocycles. The molecule has 4 heterocycles. The Bertz CT molecular complexity index is 1380. The van der Waals surface area contributed by atoms with Gasteiger partial charge in [-0.2, -0.15) is 5.10 Å². The maximum Gasteiger partial charge on any atom is 0.310 e. The van der Waals surface area contributed by atoms with Crippen LogP contribution in [0.1, 0.15) is 37.2 Å². The second-order valence-electron chi connectivity index (χ2n) is 8.91. The lowest BCUT2D eigenvalue weighted by atomic mass is 9.97. The third-order valence-corrected chi connectivity index (χ3v) is 6.46. The van der Waals surface area contributed by atoms with Crippen LogP contribution >= 0.6 is 0 Å². The standard InChI is InChI=1S/C26H28N6O3/c1-2-5-20(27)22-8-4-7-21(30-22)16-10-23(31-13-17(14-31)26(34)35)19-12-28-32(24(19)11-16)25-9-3-6-18(15-33)29-25/h3-4,6-12,17,20,33H,2,5,13-15,27H2,1H3,(H,34,35). The fourth-order valence-corrected chi connectivity index (χ4v) is 4.48. The number of nitrogens with zero attached hydrogens (tertiary/aromatic N) is 5. The molecule has 180 valence electrons. The van der Waals surface area contributed by atoms with Crippen LogP contribution < -0.4 is 10.6 Å². The highest BCUT2D eigenvalue weighted by atomic mass is 16.4. The van der Waals surface area contributed by atoms with Crippen molar-refractivity contribution >= 4 is 22.6 Å². The summed E-state index contributed by atoms with van der Waals surface area (Å²) >= 11 is 0. The number of pyridine rings is 2. The zero-order valence-corrected chi connectivity index (χ0v) is 19.5. The number of aliphatic hydroxyl groups is 1. The van der Waals surface area contributed by atoms with E-state index in [-0.39, 0.29) is 18.6 Å². The number of rotatable bonds is 8. The van der Waals surface area contributed by atoms with Crippen LogP contribution in [0.5, 0.6) is 0 Å². The largest absolute Gasteiger partial charge is 0.481 e. The van der Waals surface area contributed by atoms with Crippen LogP contribution in [0.4, 0.5) is 5.69 Å². The first kappa shape index (κ1) is 22.9. The summed E-state index contributed by atoms with van der Waals surface area (Å²) in [5, 5.41) is 24.4. The maximum atomic E-state index is 11.4. The molecule has 1 fully saturated rings. The number of aliphatic carboxylic acids is 1. The van der Waals surface area contributed by atoms with Gasteiger partial charge in [0.05, 0.1) is 41.3 Å². The van der Waals surface area contributed by atoms with E-state index < -0.39 is 5.97 Å². The van der Waals surface area contributed by atoms with Gasteiger partial charge in [-0.25, -0.2) is 9.67 Å². The van der Waals surface area contributed by atoms with E-state index in [9.17, 15) is 15.0 Å². The summed E-state index contributed by atoms with van der Waals surface area (Å²) < 4.78 is 1.74. The second kappa shape index (κ2) is 9.44. The van der Waals surface area contributed by atoms with Crippen molar-refractivity contribution < 1.29 is 15.0 Å². The van der Waals surface area contributed by atoms with Crippen LogP contribution in [0.2, 0.25) is 0 Å². The first-order valence-electron chi connectivity index (χ1n) is 11.8. The van der Waals surface area contributed by atoms with Crippen molar-refractivity contribution in [2.75, 3.05) is 18.0 Å². The van der Waals surface area contributed by atoms with E-state index in [1.54, 1.807) is 16.9 Å². The summed E-state index contributed by atoms with van der Waals surface area (Å²) in [6.07, 6.45) is 3.60. The van der Waals surface area contributed by atoms with E-state index in [4.69, 9.17) is 10.7 Å². The minimum absolute atomic E-state index is 0.134. The van der Waals surface area contributed by atoms with Gasteiger partial charge in [-0.1, -0.05) is 25.5 Å². The molecule has 1 atom stereocenters. The van der Waals surface area contributed by atoms with E-state index in [0.717, 1.165) is 46.4 Å². The predicted octanol–water partition coefficient (Wildman–Crippen LogP) is 3.30. The number of fused-ring (bicyclic) bond motifs is 1. The van der Waals surface area contributed by atoms with Crippen molar-refractivity contribution in [3.05, 3.63) is 66.1 Å². The van der Waals surface area contributed by atoms with Gasteiger partial charge in [0.1, 0.15) is 0 Å². The Morgan fingerprint density at radius 1 is 1.17 bits per heavy atom. The van der Waals surface area contributed by atoms with Gasteiger partial charge in [-0.15, -0.1) is 0 Å². The van der Waals surface area contributed by atoms with Crippen molar-refractivity contribution in [1.29, 1.82) is 0 Å². The molecule has 1 unspecified atom stereocenters. The molecule has 35 heavy (non-hydrogen) atoms. The third kappa shape index (κ3) is 4.36. The average Bonchev–Trinajstić information content (AvgIpc) is 3.27. The second-order valence-corrected chi connectivity index (χ2v) is 8.91. The highest BCUT2D eigenvalue weighted by molar-refractivity contribution is 5.97. The predicted molar refractivity (Wildman–Crippen MR) is 133 cm³/mol. The Balaban J connectivity index is 1.64. The monoisotopic (exact) mass is 472 g/mol. The van der Waals surface area contributed by atoms with Crippen LogP contribution in [-0.2, 0) is 11.4 Å². The van der Waals surface area contributed by atoms with Gasteiger partial charge in [-0.05, 0) is 42.8 Å². The van der Waals surface area contributed by atoms with Crippen molar-refractivity contribution in [1.82, 2.24) is 19.7 Å². The minimum Gasteiger partial charge on any atom is -0.481 e. The van der Waals surface area contributed by atoms with E-state index in [0.29, 0.717) is 24.6 Å². The minimum atomic E-state index is -0.784. The van der Waals surface area contributed by atoms with E-state index in [2.05, 4.69) is 21.9 Å². The number of hydrogen-bond acceptors (Lipinski definition) is 7. The summed E-state index contributed by atoms with van der Waals surface area (Å²) in [7, 11) is 0. The fraction of sp³-hybridized carbons (Fsp3) is 0.308. The van der Waals surface area contributed by atoms with E-state index in [1.807, 2.05) is 42.5 Å². The van der Waals surface area contributed by atoms with Crippen molar-refractivity contribution in [2.45, 2.75) is 32.4 Å². The fourth-order valence-electron chi connectivity index (χ4n) is 4.48. The van der Waals surface area contributed by atoms with Gasteiger partial charge in [-0.3, -0.25) is 9.78 Å². The number of benzene rings is 1. The highest BCUT2D eigenvalue weighted by Gasteiger charge is 2.34. The van der Waals surface area contributed by atoms with E-state index >= 15 is 0 Å². The number of aliphatic hydroxyl groups excluding tert-OH is 1. The van der Waals surface area contributed by atoms with Crippen LogP contribution in [0.25, 0.3) is 28.0 Å². The van der Waals surface area contributed by atoms with Gasteiger partial charge in [0.15, 0.2) is 5.82 Å². The van der Waals surface area contributed by atoms with Gasteiger partial charge >= 0.3 is 5.97 Å². The molecule has 5 rings (SSSR count). The zero-order chi connectivity index (χ0) is 24.5. The lowest BCUT2D eigenvalue weighted by Crippen LogP contribution is -2.50. The molecule has 4 aromatic rings. The topological polar surface area (TPSA) is 130 Å². The Hall–Kier alpha value is -3.82. The molecular formula is C26H28N6O3. The Labute approximate surface area is 202 Å². The molecule has 9 nitrogen and oxygen atoms in total. The Morgan fingerprint density at radius 3 is 2.71 bits per heavy atom. The van der Waals surface area contributed by atoms with Crippen LogP contribution in [0.3, 0.4) is 0 Å². The summed E-state index contributed by atoms with van der Waals surface area (Å²) in [5.74, 6) is -0.581. The Morgan fingerprint density at radius 2 is 1.97 bits per heavy atom. The molecule has 1 aromatic carbocycles. The molecule has 9 heteroatoms. The number of carboxylic acids is 1. The summed E-state index contributed by atoms with van der Waals surface area (Å²) in [4.78, 5) is 22.8. The molecule has 1 aliphatic heterocycles. The van der Waals surface area contributed by atoms with Gasteiger partial charge in [0.25, 0.3) is 0 Å². The Kier molecular flexibility index (Phi) is 6.19. The normalized spacial score (nSPS) is 14.8. The molecule has 0 spiro atoms. The first-order chi connectivity index (χ1) is 17.0. The quantitative estimate of drug-likeness (QED) is 0.356. The molecular weight excluding hydrogens is 444 g/mol. The maximum absolute atomic E-state index is 11.4. The number of carboxylic acid groups (broad SMARTS) is 1. The third-order valence-electron chi connectivity index (χ3n) is 6.46. The van der Waals surface area contributed by atoms with Gasteiger partial charge < -0.3 is 20.8 Å². The smallest absolute Gasteiger partial charge is 0.310 e. The summed E-state index contributed by atoms with van der Waals surface area (Å²) in [6, 6.07) is 15.2. The van der Waals surface area contributed by atoms with E-state index in [1.165, 1.54) is 0 Å². The molecule has 3 aromatic heterocycles. The molecule has 0 aliphatic carbocycles. The summed E-state index contributed by atoms with van der Waals surface area (Å²) in [6.45, 7) is 2.81. The molecule has 0 saturated carbocycles. The zero-order valence-electron chi connectivity index (χ0n) is 19.5. The molecule has 4 N–H and O–H groups in total. The average molecular weight is 473 g/mol. The van der Waals surface area contributed by atoms with Crippen LogP contribution in [0.15, 0.2) is 54.7 Å². The number of anilines is 1.